The predicted molar refractivity (Wildman–Crippen MR) is 116 cm³/mol. The number of carbonyl (C=O) groups excluding carboxylic acids is 2. The molecule has 0 unspecified atom stereocenters. The Bertz CT molecular complexity index is 876. The lowest BCUT2D eigenvalue weighted by molar-refractivity contribution is -0.131. The van der Waals surface area contributed by atoms with Crippen molar-refractivity contribution in [1.82, 2.24) is 10.2 Å². The second kappa shape index (κ2) is 8.55. The van der Waals surface area contributed by atoms with Crippen LogP contribution >= 0.6 is 0 Å². The number of amides is 2. The first kappa shape index (κ1) is 19.3. The van der Waals surface area contributed by atoms with Gasteiger partial charge in [-0.3, -0.25) is 9.59 Å². The lowest BCUT2D eigenvalue weighted by atomic mass is 10.1. The van der Waals surface area contributed by atoms with E-state index in [2.05, 4.69) is 27.2 Å². The average Bonchev–Trinajstić information content (AvgIpc) is 3.14. The van der Waals surface area contributed by atoms with Gasteiger partial charge in [0.2, 0.25) is 5.91 Å². The smallest absolute Gasteiger partial charge is 0.251 e. The van der Waals surface area contributed by atoms with E-state index in [1.807, 2.05) is 48.3 Å². The fourth-order valence-electron chi connectivity index (χ4n) is 4.08. The maximum atomic E-state index is 12.5. The van der Waals surface area contributed by atoms with Crippen LogP contribution in [0.4, 0.5) is 11.4 Å². The molecular formula is C23H28N4O2. The monoisotopic (exact) mass is 392 g/mol. The molecule has 2 aromatic carbocycles. The molecule has 1 fully saturated rings. The summed E-state index contributed by atoms with van der Waals surface area (Å²) in [6.07, 6.45) is 1.36. The Balaban J connectivity index is 1.22. The van der Waals surface area contributed by atoms with Gasteiger partial charge in [-0.05, 0) is 36.2 Å². The van der Waals surface area contributed by atoms with Gasteiger partial charge >= 0.3 is 0 Å². The van der Waals surface area contributed by atoms with E-state index in [4.69, 9.17) is 0 Å². The molecule has 0 saturated carbocycles. The van der Waals surface area contributed by atoms with Crippen molar-refractivity contribution in [2.75, 3.05) is 56.1 Å². The largest absolute Gasteiger partial charge is 0.374 e. The molecule has 2 amide bonds. The van der Waals surface area contributed by atoms with Crippen LogP contribution in [0.2, 0.25) is 0 Å². The van der Waals surface area contributed by atoms with Crippen molar-refractivity contribution in [2.45, 2.75) is 12.8 Å². The van der Waals surface area contributed by atoms with Gasteiger partial charge in [-0.2, -0.15) is 0 Å². The first-order chi connectivity index (χ1) is 14.1. The van der Waals surface area contributed by atoms with Gasteiger partial charge in [0, 0.05) is 69.7 Å². The highest BCUT2D eigenvalue weighted by atomic mass is 16.2. The van der Waals surface area contributed by atoms with E-state index in [0.717, 1.165) is 44.8 Å². The lowest BCUT2D eigenvalue weighted by Gasteiger charge is -2.36. The number of benzene rings is 2. The molecule has 0 atom stereocenters. The molecule has 152 valence electrons. The van der Waals surface area contributed by atoms with Crippen LogP contribution in [0.5, 0.6) is 0 Å². The van der Waals surface area contributed by atoms with Crippen molar-refractivity contribution in [3.05, 3.63) is 59.7 Å². The molecule has 29 heavy (non-hydrogen) atoms. The zero-order valence-electron chi connectivity index (χ0n) is 16.9. The third-order valence-electron chi connectivity index (χ3n) is 5.85. The number of para-hydroxylation sites is 1. The Kier molecular flexibility index (Phi) is 5.69. The number of rotatable bonds is 5. The van der Waals surface area contributed by atoms with E-state index >= 15 is 0 Å². The molecule has 6 heteroatoms. The van der Waals surface area contributed by atoms with Crippen LogP contribution in [0.25, 0.3) is 0 Å². The first-order valence-electron chi connectivity index (χ1n) is 10.3. The molecule has 2 aromatic rings. The highest BCUT2D eigenvalue weighted by molar-refractivity contribution is 5.95. The summed E-state index contributed by atoms with van der Waals surface area (Å²) in [5.41, 5.74) is 4.27. The van der Waals surface area contributed by atoms with Gasteiger partial charge in [0.1, 0.15) is 0 Å². The van der Waals surface area contributed by atoms with Crippen molar-refractivity contribution in [3.63, 3.8) is 0 Å². The molecule has 1 N–H and O–H groups in total. The molecule has 0 aromatic heterocycles. The summed E-state index contributed by atoms with van der Waals surface area (Å²) in [5.74, 6) is -0.0125. The van der Waals surface area contributed by atoms with Crippen LogP contribution in [0.3, 0.4) is 0 Å². The van der Waals surface area contributed by atoms with Crippen molar-refractivity contribution < 1.29 is 9.59 Å². The second-order valence-electron chi connectivity index (χ2n) is 7.72. The highest BCUT2D eigenvalue weighted by Crippen LogP contribution is 2.27. The van der Waals surface area contributed by atoms with E-state index in [0.29, 0.717) is 18.5 Å². The van der Waals surface area contributed by atoms with Crippen LogP contribution in [-0.4, -0.2) is 63.0 Å². The molecule has 2 aliphatic rings. The highest BCUT2D eigenvalue weighted by Gasteiger charge is 2.21. The Labute approximate surface area is 172 Å². The summed E-state index contributed by atoms with van der Waals surface area (Å²) in [5, 5.41) is 2.89. The van der Waals surface area contributed by atoms with Gasteiger partial charge in [0.25, 0.3) is 5.91 Å². The topological polar surface area (TPSA) is 55.9 Å². The molecule has 0 spiro atoms. The quantitative estimate of drug-likeness (QED) is 0.847. The van der Waals surface area contributed by atoms with Crippen molar-refractivity contribution >= 4 is 23.2 Å². The molecular weight excluding hydrogens is 364 g/mol. The first-order valence-corrected chi connectivity index (χ1v) is 10.3. The van der Waals surface area contributed by atoms with Gasteiger partial charge < -0.3 is 20.0 Å². The second-order valence-corrected chi connectivity index (χ2v) is 7.72. The van der Waals surface area contributed by atoms with Crippen molar-refractivity contribution in [2.24, 2.45) is 0 Å². The maximum absolute atomic E-state index is 12.5. The molecule has 0 aliphatic carbocycles. The van der Waals surface area contributed by atoms with Crippen LogP contribution in [0, 0.1) is 0 Å². The number of anilines is 2. The number of carbonyl (C=O) groups is 2. The molecule has 2 heterocycles. The summed E-state index contributed by atoms with van der Waals surface area (Å²) in [6, 6.07) is 16.1. The number of likely N-dealkylation sites (N-methyl/N-ethyl adjacent to an activating group) is 1. The van der Waals surface area contributed by atoms with Crippen molar-refractivity contribution in [1.29, 1.82) is 0 Å². The van der Waals surface area contributed by atoms with Crippen molar-refractivity contribution in [3.8, 4) is 0 Å². The van der Waals surface area contributed by atoms with E-state index in [1.165, 1.54) is 11.3 Å². The minimum absolute atomic E-state index is 0.103. The number of piperazine rings is 1. The summed E-state index contributed by atoms with van der Waals surface area (Å²) >= 11 is 0. The number of nitrogens with one attached hydrogen (secondary N) is 1. The molecule has 1 saturated heterocycles. The molecule has 0 radical (unpaired) electrons. The zero-order valence-corrected chi connectivity index (χ0v) is 16.9. The lowest BCUT2D eigenvalue weighted by Crippen LogP contribution is -2.49. The number of fused-ring (bicyclic) bond motifs is 1. The van der Waals surface area contributed by atoms with Crippen LogP contribution in [0.15, 0.2) is 48.5 Å². The third kappa shape index (κ3) is 4.36. The normalized spacial score (nSPS) is 16.0. The Morgan fingerprint density at radius 2 is 1.72 bits per heavy atom. The number of nitrogens with zero attached hydrogens (tertiary/aromatic N) is 3. The van der Waals surface area contributed by atoms with Gasteiger partial charge in [0.15, 0.2) is 0 Å². The summed E-state index contributed by atoms with van der Waals surface area (Å²) in [6.45, 7) is 4.48. The van der Waals surface area contributed by atoms with Crippen LogP contribution in [-0.2, 0) is 11.2 Å². The Hall–Kier alpha value is -3.02. The number of hydrogen-bond acceptors (Lipinski definition) is 4. The molecule has 0 bridgehead atoms. The van der Waals surface area contributed by atoms with Crippen LogP contribution in [0.1, 0.15) is 22.3 Å². The molecule has 4 rings (SSSR count). The molecule has 6 nitrogen and oxygen atoms in total. The SMILES string of the molecule is CN1CCc2ccc(C(=O)NCCC(=O)N3CCN(c4ccccc4)CC3)cc21. The van der Waals surface area contributed by atoms with E-state index in [-0.39, 0.29) is 11.8 Å². The predicted octanol–water partition coefficient (Wildman–Crippen LogP) is 2.15. The zero-order chi connectivity index (χ0) is 20.2. The Morgan fingerprint density at radius 1 is 0.966 bits per heavy atom. The van der Waals surface area contributed by atoms with Crippen LogP contribution < -0.4 is 15.1 Å². The van der Waals surface area contributed by atoms with E-state index in [9.17, 15) is 9.59 Å². The Morgan fingerprint density at radius 3 is 2.48 bits per heavy atom. The third-order valence-corrected chi connectivity index (χ3v) is 5.85. The summed E-state index contributed by atoms with van der Waals surface area (Å²) in [4.78, 5) is 31.3. The fourth-order valence-corrected chi connectivity index (χ4v) is 4.08. The standard InChI is InChI=1S/C23H28N4O2/c1-25-12-10-18-7-8-19(17-21(18)25)23(29)24-11-9-22(28)27-15-13-26(14-16-27)20-5-3-2-4-6-20/h2-8,17H,9-16H2,1H3,(H,24,29). The van der Waals surface area contributed by atoms with E-state index < -0.39 is 0 Å². The maximum Gasteiger partial charge on any atom is 0.251 e. The van der Waals surface area contributed by atoms with Gasteiger partial charge in [-0.15, -0.1) is 0 Å². The number of hydrogen-bond donors (Lipinski definition) is 1. The average molecular weight is 393 g/mol. The summed E-state index contributed by atoms with van der Waals surface area (Å²) < 4.78 is 0. The molecule has 2 aliphatic heterocycles. The summed E-state index contributed by atoms with van der Waals surface area (Å²) in [7, 11) is 2.05. The van der Waals surface area contributed by atoms with Gasteiger partial charge in [-0.25, -0.2) is 0 Å². The fraction of sp³-hybridized carbons (Fsp3) is 0.391. The van der Waals surface area contributed by atoms with Gasteiger partial charge in [-0.1, -0.05) is 24.3 Å². The van der Waals surface area contributed by atoms with E-state index in [1.54, 1.807) is 0 Å². The minimum atomic E-state index is -0.116. The van der Waals surface area contributed by atoms with Gasteiger partial charge in [0.05, 0.1) is 0 Å². The minimum Gasteiger partial charge on any atom is -0.374 e.